The van der Waals surface area contributed by atoms with Crippen molar-refractivity contribution >= 4 is 34.8 Å². The van der Waals surface area contributed by atoms with E-state index in [2.05, 4.69) is 10.6 Å². The monoisotopic (exact) mass is 431 g/mol. The number of rotatable bonds is 10. The standard InChI is InChI=1S/C20H21N3O8/c1-29-15-7-8-17(30-2)16(11-15)22-19(25)12-31-20(26)10-9-18(24)21-13-3-5-14(6-4-13)23(27)28/h3-8,11H,9-10,12H2,1-2H3,(H,21,24)(H,22,25). The second-order valence-electron chi connectivity index (χ2n) is 6.13. The van der Waals surface area contributed by atoms with E-state index >= 15 is 0 Å². The highest BCUT2D eigenvalue weighted by Crippen LogP contribution is 2.28. The lowest BCUT2D eigenvalue weighted by atomic mass is 10.2. The fourth-order valence-electron chi connectivity index (χ4n) is 2.42. The maximum absolute atomic E-state index is 12.0. The van der Waals surface area contributed by atoms with Gasteiger partial charge in [-0.3, -0.25) is 24.5 Å². The third kappa shape index (κ3) is 7.31. The van der Waals surface area contributed by atoms with Gasteiger partial charge in [0.25, 0.3) is 11.6 Å². The van der Waals surface area contributed by atoms with E-state index in [1.54, 1.807) is 18.2 Å². The number of carbonyl (C=O) groups is 3. The van der Waals surface area contributed by atoms with E-state index in [-0.39, 0.29) is 18.5 Å². The van der Waals surface area contributed by atoms with Gasteiger partial charge in [-0.15, -0.1) is 0 Å². The highest BCUT2D eigenvalue weighted by atomic mass is 16.6. The van der Waals surface area contributed by atoms with E-state index in [0.717, 1.165) is 0 Å². The lowest BCUT2D eigenvalue weighted by molar-refractivity contribution is -0.384. The normalized spacial score (nSPS) is 10.0. The van der Waals surface area contributed by atoms with Crippen molar-refractivity contribution in [2.45, 2.75) is 12.8 Å². The number of hydrogen-bond acceptors (Lipinski definition) is 8. The van der Waals surface area contributed by atoms with Crippen LogP contribution in [0.2, 0.25) is 0 Å². The fraction of sp³-hybridized carbons (Fsp3) is 0.250. The van der Waals surface area contributed by atoms with Crippen LogP contribution in [-0.2, 0) is 19.1 Å². The second-order valence-corrected chi connectivity index (χ2v) is 6.13. The van der Waals surface area contributed by atoms with Gasteiger partial charge in [-0.2, -0.15) is 0 Å². The second kappa shape index (κ2) is 11.1. The van der Waals surface area contributed by atoms with Gasteiger partial charge in [0, 0.05) is 30.3 Å². The Bertz CT molecular complexity index is 959. The van der Waals surface area contributed by atoms with E-state index < -0.39 is 29.3 Å². The van der Waals surface area contributed by atoms with E-state index in [0.29, 0.717) is 22.9 Å². The Kier molecular flexibility index (Phi) is 8.31. The van der Waals surface area contributed by atoms with E-state index in [1.165, 1.54) is 38.5 Å². The first-order valence-corrected chi connectivity index (χ1v) is 9.04. The Labute approximate surface area is 177 Å². The summed E-state index contributed by atoms with van der Waals surface area (Å²) in [6, 6.07) is 10.1. The molecule has 11 heteroatoms. The van der Waals surface area contributed by atoms with Gasteiger partial charge in [-0.05, 0) is 24.3 Å². The van der Waals surface area contributed by atoms with E-state index in [4.69, 9.17) is 14.2 Å². The summed E-state index contributed by atoms with van der Waals surface area (Å²) in [5, 5.41) is 15.7. The minimum atomic E-state index is -0.730. The Balaban J connectivity index is 1.75. The molecule has 2 N–H and O–H groups in total. The molecule has 164 valence electrons. The van der Waals surface area contributed by atoms with Gasteiger partial charge in [0.15, 0.2) is 6.61 Å². The number of amides is 2. The zero-order chi connectivity index (χ0) is 22.8. The van der Waals surface area contributed by atoms with Crippen molar-refractivity contribution in [1.29, 1.82) is 0 Å². The van der Waals surface area contributed by atoms with Crippen molar-refractivity contribution < 1.29 is 33.5 Å². The summed E-state index contributed by atoms with van der Waals surface area (Å²) in [5.41, 5.74) is 0.604. The number of nitro benzene ring substituents is 1. The lowest BCUT2D eigenvalue weighted by Crippen LogP contribution is -2.22. The summed E-state index contributed by atoms with van der Waals surface area (Å²) in [4.78, 5) is 45.8. The van der Waals surface area contributed by atoms with Gasteiger partial charge in [-0.25, -0.2) is 0 Å². The van der Waals surface area contributed by atoms with Gasteiger partial charge in [0.2, 0.25) is 5.91 Å². The number of nitro groups is 1. The number of nitrogens with zero attached hydrogens (tertiary/aromatic N) is 1. The highest BCUT2D eigenvalue weighted by Gasteiger charge is 2.13. The van der Waals surface area contributed by atoms with Gasteiger partial charge in [0.05, 0.1) is 31.3 Å². The molecular formula is C20H21N3O8. The summed E-state index contributed by atoms with van der Waals surface area (Å²) in [7, 11) is 2.92. The van der Waals surface area contributed by atoms with Crippen LogP contribution < -0.4 is 20.1 Å². The number of esters is 1. The molecule has 0 bridgehead atoms. The molecule has 2 aromatic rings. The zero-order valence-electron chi connectivity index (χ0n) is 16.9. The first kappa shape index (κ1) is 23.1. The number of nitrogens with one attached hydrogen (secondary N) is 2. The molecule has 0 aliphatic rings. The van der Waals surface area contributed by atoms with Crippen molar-refractivity contribution in [2.24, 2.45) is 0 Å². The number of carbonyl (C=O) groups excluding carboxylic acids is 3. The van der Waals surface area contributed by atoms with E-state index in [9.17, 15) is 24.5 Å². The molecule has 0 saturated carbocycles. The molecule has 0 aromatic heterocycles. The number of benzene rings is 2. The Morgan fingerprint density at radius 1 is 0.935 bits per heavy atom. The van der Waals surface area contributed by atoms with Crippen LogP contribution in [0.1, 0.15) is 12.8 Å². The topological polar surface area (TPSA) is 146 Å². The van der Waals surface area contributed by atoms with Crippen molar-refractivity contribution in [3.63, 3.8) is 0 Å². The average molecular weight is 431 g/mol. The van der Waals surface area contributed by atoms with Crippen LogP contribution in [0.15, 0.2) is 42.5 Å². The minimum Gasteiger partial charge on any atom is -0.497 e. The van der Waals surface area contributed by atoms with Crippen molar-refractivity contribution in [1.82, 2.24) is 0 Å². The van der Waals surface area contributed by atoms with Gasteiger partial charge in [-0.1, -0.05) is 0 Å². The first-order valence-electron chi connectivity index (χ1n) is 9.04. The third-order valence-corrected chi connectivity index (χ3v) is 3.96. The third-order valence-electron chi connectivity index (χ3n) is 3.96. The molecule has 0 heterocycles. The zero-order valence-corrected chi connectivity index (χ0v) is 16.9. The van der Waals surface area contributed by atoms with Crippen LogP contribution in [0, 0.1) is 10.1 Å². The Morgan fingerprint density at radius 3 is 2.26 bits per heavy atom. The van der Waals surface area contributed by atoms with Gasteiger partial charge in [0.1, 0.15) is 11.5 Å². The lowest BCUT2D eigenvalue weighted by Gasteiger charge is -2.12. The van der Waals surface area contributed by atoms with Crippen LogP contribution in [0.4, 0.5) is 17.1 Å². The molecule has 0 fully saturated rings. The molecule has 0 atom stereocenters. The molecule has 0 saturated heterocycles. The van der Waals surface area contributed by atoms with Gasteiger partial charge >= 0.3 is 5.97 Å². The maximum Gasteiger partial charge on any atom is 0.306 e. The molecule has 0 spiro atoms. The van der Waals surface area contributed by atoms with Crippen LogP contribution in [0.5, 0.6) is 11.5 Å². The van der Waals surface area contributed by atoms with Crippen LogP contribution >= 0.6 is 0 Å². The number of anilines is 2. The summed E-state index contributed by atoms with van der Waals surface area (Å²) < 4.78 is 15.1. The first-order chi connectivity index (χ1) is 14.8. The van der Waals surface area contributed by atoms with Crippen LogP contribution in [-0.4, -0.2) is 43.5 Å². The minimum absolute atomic E-state index is 0.105. The molecule has 2 aromatic carbocycles. The summed E-state index contributed by atoms with van der Waals surface area (Å²) >= 11 is 0. The number of hydrogen-bond donors (Lipinski definition) is 2. The van der Waals surface area contributed by atoms with Crippen molar-refractivity contribution in [3.8, 4) is 11.5 Å². The fourth-order valence-corrected chi connectivity index (χ4v) is 2.42. The highest BCUT2D eigenvalue weighted by molar-refractivity contribution is 5.95. The molecule has 0 aliphatic heterocycles. The number of non-ortho nitro benzene ring substituents is 1. The Hall–Kier alpha value is -4.15. The molecule has 0 aliphatic carbocycles. The molecular weight excluding hydrogens is 410 g/mol. The predicted molar refractivity (Wildman–Crippen MR) is 110 cm³/mol. The molecule has 0 radical (unpaired) electrons. The predicted octanol–water partition coefficient (Wildman–Crippen LogP) is 2.51. The number of ether oxygens (including phenoxy) is 3. The van der Waals surface area contributed by atoms with Crippen molar-refractivity contribution in [2.75, 3.05) is 31.5 Å². The summed E-state index contributed by atoms with van der Waals surface area (Å²) in [6.07, 6.45) is -0.421. The van der Waals surface area contributed by atoms with Crippen molar-refractivity contribution in [3.05, 3.63) is 52.6 Å². The molecule has 11 nitrogen and oxygen atoms in total. The number of methoxy groups -OCH3 is 2. The Morgan fingerprint density at radius 2 is 1.65 bits per heavy atom. The SMILES string of the molecule is COc1ccc(OC)c(NC(=O)COC(=O)CCC(=O)Nc2ccc([N+](=O)[O-])cc2)c1. The smallest absolute Gasteiger partial charge is 0.306 e. The van der Waals surface area contributed by atoms with Crippen LogP contribution in [0.25, 0.3) is 0 Å². The van der Waals surface area contributed by atoms with E-state index in [1.807, 2.05) is 0 Å². The molecule has 2 amide bonds. The summed E-state index contributed by atoms with van der Waals surface area (Å²) in [5.74, 6) is -0.881. The van der Waals surface area contributed by atoms with Gasteiger partial charge < -0.3 is 24.8 Å². The molecule has 2 rings (SSSR count). The largest absolute Gasteiger partial charge is 0.497 e. The molecule has 31 heavy (non-hydrogen) atoms. The van der Waals surface area contributed by atoms with Crippen LogP contribution in [0.3, 0.4) is 0 Å². The summed E-state index contributed by atoms with van der Waals surface area (Å²) in [6.45, 7) is -0.539. The maximum atomic E-state index is 12.0. The molecule has 0 unspecified atom stereocenters. The average Bonchev–Trinajstić information content (AvgIpc) is 2.76. The quantitative estimate of drug-likeness (QED) is 0.331.